The summed E-state index contributed by atoms with van der Waals surface area (Å²) in [5.41, 5.74) is 12.1. The first kappa shape index (κ1) is 49.3. The predicted octanol–water partition coefficient (Wildman–Crippen LogP) is 11.6. The van der Waals surface area contributed by atoms with Crippen LogP contribution in [-0.2, 0) is 23.9 Å². The van der Waals surface area contributed by atoms with Gasteiger partial charge >= 0.3 is 11.9 Å². The van der Waals surface area contributed by atoms with E-state index in [-0.39, 0.29) is 42.7 Å². The lowest BCUT2D eigenvalue weighted by molar-refractivity contribution is -0.146. The van der Waals surface area contributed by atoms with Gasteiger partial charge in [-0.2, -0.15) is 0 Å². The van der Waals surface area contributed by atoms with Gasteiger partial charge in [0.25, 0.3) is 0 Å². The number of carbonyl (C=O) groups is 3. The fourth-order valence-electron chi connectivity index (χ4n) is 10.0. The van der Waals surface area contributed by atoms with Gasteiger partial charge in [0.05, 0.1) is 53.1 Å². The van der Waals surface area contributed by atoms with Crippen LogP contribution in [0.2, 0.25) is 0 Å². The van der Waals surface area contributed by atoms with Crippen molar-refractivity contribution >= 4 is 40.6 Å². The number of hydrogen-bond acceptors (Lipinski definition) is 10. The molecule has 0 spiro atoms. The number of hydrogen-bond donors (Lipinski definition) is 1. The standard InChI is InChI=1S/C55H72N4O6/c1-13-38-34(8)41-27-43-36(10)40(22-24-48(61)65-26-25-32(6)19-16-18-31(5)21-23-47(60)33(7)20-15-17-30(3)4)52(58-43)50-51(55(63)64-12)54(62)49-37(11)44(59-53(49)50)29-46-39(14-2)35(9)42(57-46)28-45(38)56-41/h13,25,27-31,33,36,40,47,51,60H,1,14-24,26H2,2-12H3/t31-,33+,36-,40-,47-,51+/m0/s1. The third-order valence-electron chi connectivity index (χ3n) is 14.4. The largest absolute Gasteiger partial charge is 0.468 e. The van der Waals surface area contributed by atoms with Crippen LogP contribution in [0.4, 0.5) is 0 Å². The summed E-state index contributed by atoms with van der Waals surface area (Å²) in [6.45, 7) is 25.4. The smallest absolute Gasteiger partial charge is 0.321 e. The van der Waals surface area contributed by atoms with Crippen LogP contribution in [0, 0.1) is 35.5 Å². The Morgan fingerprint density at radius 2 is 1.55 bits per heavy atom. The Bertz CT molecular complexity index is 2370. The van der Waals surface area contributed by atoms with Gasteiger partial charge in [0.1, 0.15) is 12.5 Å². The van der Waals surface area contributed by atoms with Crippen molar-refractivity contribution in [2.75, 3.05) is 13.7 Å². The number of aliphatic imine (C=N–C) groups is 4. The molecule has 0 unspecified atom stereocenters. The second-order valence-corrected chi connectivity index (χ2v) is 19.5. The number of fused-ring (bicyclic) bond motifs is 4. The zero-order valence-corrected chi connectivity index (χ0v) is 40.9. The van der Waals surface area contributed by atoms with Crippen molar-refractivity contribution in [3.63, 3.8) is 0 Å². The summed E-state index contributed by atoms with van der Waals surface area (Å²) in [6, 6.07) is 0. The summed E-state index contributed by atoms with van der Waals surface area (Å²) in [5, 5.41) is 10.7. The van der Waals surface area contributed by atoms with Crippen LogP contribution in [0.25, 0.3) is 0 Å². The third kappa shape index (κ3) is 10.8. The SMILES string of the molecule is C=CC1=C(C)C2=CC3=NC(=C4C5=NC(=CC6=NC(=CC1=N2)C(C)=C6CC)C(C)=C5C(=O)[C@@H]4C(=O)OC)[C@@H](CCC(=O)OCC=C(C)CCC[C@H](C)CC[C@H](O)[C@H](C)CCCC(C)C)[C@@H]3C. The van der Waals surface area contributed by atoms with Gasteiger partial charge in [-0.05, 0) is 137 Å². The van der Waals surface area contributed by atoms with E-state index in [9.17, 15) is 19.5 Å². The van der Waals surface area contributed by atoms with Gasteiger partial charge in [-0.3, -0.25) is 19.4 Å². The van der Waals surface area contributed by atoms with Crippen molar-refractivity contribution in [1.29, 1.82) is 0 Å². The minimum Gasteiger partial charge on any atom is -0.468 e. The Morgan fingerprint density at radius 1 is 0.862 bits per heavy atom. The van der Waals surface area contributed by atoms with Gasteiger partial charge in [0, 0.05) is 40.7 Å². The Labute approximate surface area is 387 Å². The maximum absolute atomic E-state index is 14.4. The van der Waals surface area contributed by atoms with Crippen LogP contribution in [0.15, 0.2) is 124 Å². The van der Waals surface area contributed by atoms with Crippen LogP contribution in [0.1, 0.15) is 140 Å². The number of nitrogens with zero attached hydrogens (tertiary/aromatic N) is 4. The van der Waals surface area contributed by atoms with E-state index in [2.05, 4.69) is 62.0 Å². The number of ketones is 1. The first-order valence-electron chi connectivity index (χ1n) is 24.1. The van der Waals surface area contributed by atoms with Crippen LogP contribution >= 0.6 is 0 Å². The molecule has 0 aromatic heterocycles. The molecule has 0 aromatic carbocycles. The van der Waals surface area contributed by atoms with Crippen molar-refractivity contribution in [2.24, 2.45) is 55.5 Å². The molecule has 10 heteroatoms. The molecule has 0 radical (unpaired) electrons. The third-order valence-corrected chi connectivity index (χ3v) is 14.4. The van der Waals surface area contributed by atoms with E-state index in [0.29, 0.717) is 58.0 Å². The molecular formula is C55H72N4O6. The number of ether oxygens (including phenoxy) is 2. The van der Waals surface area contributed by atoms with Crippen molar-refractivity contribution in [3.8, 4) is 0 Å². The average molecular weight is 885 g/mol. The van der Waals surface area contributed by atoms with Crippen molar-refractivity contribution in [3.05, 3.63) is 104 Å². The number of aliphatic hydroxyl groups excluding tert-OH is 1. The number of methoxy groups -OCH3 is 1. The molecule has 0 amide bonds. The highest BCUT2D eigenvalue weighted by atomic mass is 16.5. The first-order valence-corrected chi connectivity index (χ1v) is 24.1. The maximum atomic E-state index is 14.4. The summed E-state index contributed by atoms with van der Waals surface area (Å²) in [4.78, 5) is 61.8. The van der Waals surface area contributed by atoms with E-state index in [0.717, 1.165) is 95.8 Å². The highest BCUT2D eigenvalue weighted by Gasteiger charge is 2.51. The second-order valence-electron chi connectivity index (χ2n) is 19.5. The van der Waals surface area contributed by atoms with Crippen molar-refractivity contribution < 1.29 is 29.0 Å². The number of aliphatic hydroxyl groups is 1. The number of allylic oxidation sites excluding steroid dienone is 12. The molecule has 1 saturated carbocycles. The quantitative estimate of drug-likeness (QED) is 0.0733. The molecule has 1 fully saturated rings. The fourth-order valence-corrected chi connectivity index (χ4v) is 10.0. The highest BCUT2D eigenvalue weighted by Crippen LogP contribution is 2.47. The van der Waals surface area contributed by atoms with Crippen molar-refractivity contribution in [2.45, 2.75) is 146 Å². The van der Waals surface area contributed by atoms with E-state index in [1.165, 1.54) is 25.5 Å². The molecule has 5 heterocycles. The van der Waals surface area contributed by atoms with Gasteiger partial charge in [-0.15, -0.1) is 0 Å². The average Bonchev–Trinajstić information content (AvgIpc) is 4.01. The minimum absolute atomic E-state index is 0.120. The second kappa shape index (κ2) is 21.5. The molecule has 5 aliphatic heterocycles. The summed E-state index contributed by atoms with van der Waals surface area (Å²) in [7, 11) is 1.29. The monoisotopic (exact) mass is 885 g/mol. The normalized spacial score (nSPS) is 23.1. The van der Waals surface area contributed by atoms with Crippen LogP contribution in [0.5, 0.6) is 0 Å². The van der Waals surface area contributed by atoms with Gasteiger partial charge in [-0.1, -0.05) is 79.0 Å². The molecule has 348 valence electrons. The minimum atomic E-state index is -1.23. The number of Topliss-reactive ketones (excluding diaryl/α,β-unsaturated/α-hetero) is 1. The van der Waals surface area contributed by atoms with Gasteiger partial charge in [-0.25, -0.2) is 15.0 Å². The molecule has 6 rings (SSSR count). The lowest BCUT2D eigenvalue weighted by atomic mass is 9.83. The summed E-state index contributed by atoms with van der Waals surface area (Å²) >= 11 is 0. The zero-order chi connectivity index (χ0) is 47.3. The summed E-state index contributed by atoms with van der Waals surface area (Å²) in [5.74, 6) is -1.55. The Hall–Kier alpha value is -5.09. The molecule has 65 heavy (non-hydrogen) atoms. The van der Waals surface area contributed by atoms with Gasteiger partial charge in [0.2, 0.25) is 0 Å². The molecule has 1 aliphatic carbocycles. The van der Waals surface area contributed by atoms with E-state index in [1.807, 2.05) is 44.2 Å². The van der Waals surface area contributed by atoms with E-state index in [4.69, 9.17) is 29.4 Å². The summed E-state index contributed by atoms with van der Waals surface area (Å²) in [6.07, 6.45) is 19.1. The zero-order valence-electron chi connectivity index (χ0n) is 40.9. The maximum Gasteiger partial charge on any atom is 0.321 e. The van der Waals surface area contributed by atoms with Gasteiger partial charge < -0.3 is 14.6 Å². The fraction of sp³-hybridized carbons (Fsp3) is 0.545. The lowest BCUT2D eigenvalue weighted by Gasteiger charge is -2.21. The molecule has 0 aromatic rings. The Balaban J connectivity index is 1.20. The first-order chi connectivity index (χ1) is 31.0. The Kier molecular flexibility index (Phi) is 16.3. The number of rotatable bonds is 20. The molecule has 0 saturated heterocycles. The summed E-state index contributed by atoms with van der Waals surface area (Å²) < 4.78 is 11.0. The molecular weight excluding hydrogens is 813 g/mol. The molecule has 10 nitrogen and oxygen atoms in total. The Morgan fingerprint density at radius 3 is 2.25 bits per heavy atom. The topological polar surface area (TPSA) is 139 Å². The molecule has 1 N–H and O–H groups in total. The molecule has 6 atom stereocenters. The molecule has 6 aliphatic rings. The number of esters is 2. The lowest BCUT2D eigenvalue weighted by Crippen LogP contribution is -2.25. The van der Waals surface area contributed by atoms with Crippen LogP contribution in [-0.4, -0.2) is 65.5 Å². The highest BCUT2D eigenvalue weighted by molar-refractivity contribution is 6.43. The van der Waals surface area contributed by atoms with Crippen LogP contribution < -0.4 is 0 Å². The van der Waals surface area contributed by atoms with Gasteiger partial charge in [0.15, 0.2) is 5.78 Å². The van der Waals surface area contributed by atoms with Crippen LogP contribution in [0.3, 0.4) is 0 Å². The molecule has 8 bridgehead atoms. The number of carbonyl (C=O) groups excluding carboxylic acids is 3. The predicted molar refractivity (Wildman–Crippen MR) is 263 cm³/mol. The van der Waals surface area contributed by atoms with E-state index in [1.54, 1.807) is 0 Å². The van der Waals surface area contributed by atoms with E-state index >= 15 is 0 Å². The van der Waals surface area contributed by atoms with E-state index < -0.39 is 11.9 Å². The van der Waals surface area contributed by atoms with Crippen molar-refractivity contribution in [1.82, 2.24) is 0 Å².